The number of rotatable bonds is 3. The molecule has 2 atom stereocenters. The molecule has 1 aromatic heterocycles. The second-order valence-electron chi connectivity index (χ2n) is 4.60. The lowest BCUT2D eigenvalue weighted by Crippen LogP contribution is -1.89. The Hall–Kier alpha value is -0.380. The van der Waals surface area contributed by atoms with Crippen LogP contribution in [0.15, 0.2) is 4.42 Å². The first kappa shape index (κ1) is 10.1. The number of alkyl halides is 1. The zero-order chi connectivity index (χ0) is 10.3. The number of hydrogen-bond donors (Lipinski definition) is 0. The Morgan fingerprint density at radius 1 is 1.57 bits per heavy atom. The molecule has 14 heavy (non-hydrogen) atoms. The van der Waals surface area contributed by atoms with E-state index in [0.717, 1.165) is 18.7 Å². The van der Waals surface area contributed by atoms with E-state index in [1.54, 1.807) is 0 Å². The highest BCUT2D eigenvalue weighted by Gasteiger charge is 2.50. The Morgan fingerprint density at radius 3 is 2.71 bits per heavy atom. The van der Waals surface area contributed by atoms with Gasteiger partial charge in [-0.25, -0.2) is 0 Å². The van der Waals surface area contributed by atoms with Gasteiger partial charge in [-0.1, -0.05) is 36.7 Å². The molecule has 2 unspecified atom stereocenters. The largest absolute Gasteiger partial charge is 0.424 e. The first-order valence-corrected chi connectivity index (χ1v) is 5.93. The highest BCUT2D eigenvalue weighted by Crippen LogP contribution is 2.58. The van der Waals surface area contributed by atoms with Crippen LogP contribution < -0.4 is 0 Å². The third-order valence-electron chi connectivity index (χ3n) is 2.89. The average molecular weight is 259 g/mol. The first-order valence-electron chi connectivity index (χ1n) is 5.02. The van der Waals surface area contributed by atoms with Crippen LogP contribution in [-0.2, 0) is 0 Å². The predicted molar refractivity (Wildman–Crippen MR) is 57.4 cm³/mol. The molecule has 1 fully saturated rings. The molecule has 0 aromatic carbocycles. The minimum absolute atomic E-state index is 0.200. The van der Waals surface area contributed by atoms with Gasteiger partial charge in [0.15, 0.2) is 0 Å². The lowest BCUT2D eigenvalue weighted by molar-refractivity contribution is 0.429. The lowest BCUT2D eigenvalue weighted by atomic mass is 10.1. The quantitative estimate of drug-likeness (QED) is 0.780. The van der Waals surface area contributed by atoms with Crippen LogP contribution in [0, 0.1) is 5.41 Å². The summed E-state index contributed by atoms with van der Waals surface area (Å²) < 4.78 is 5.63. The highest BCUT2D eigenvalue weighted by atomic mass is 79.9. The maximum Gasteiger partial charge on any atom is 0.230 e. The summed E-state index contributed by atoms with van der Waals surface area (Å²) in [6.07, 6.45) is 2.13. The van der Waals surface area contributed by atoms with Crippen molar-refractivity contribution in [1.82, 2.24) is 10.2 Å². The van der Waals surface area contributed by atoms with E-state index in [-0.39, 0.29) is 4.83 Å². The highest BCUT2D eigenvalue weighted by molar-refractivity contribution is 9.09. The molecule has 78 valence electrons. The maximum absolute atomic E-state index is 5.63. The van der Waals surface area contributed by atoms with Crippen LogP contribution in [0.3, 0.4) is 0 Å². The van der Waals surface area contributed by atoms with E-state index in [2.05, 4.69) is 46.9 Å². The second-order valence-corrected chi connectivity index (χ2v) is 5.70. The van der Waals surface area contributed by atoms with Crippen molar-refractivity contribution in [2.45, 2.75) is 44.4 Å². The second kappa shape index (κ2) is 3.33. The molecule has 1 aromatic rings. The van der Waals surface area contributed by atoms with E-state index >= 15 is 0 Å². The molecule has 3 nitrogen and oxygen atoms in total. The molecule has 2 rings (SSSR count). The number of nitrogens with zero attached hydrogens (tertiary/aromatic N) is 2. The van der Waals surface area contributed by atoms with Crippen LogP contribution in [-0.4, -0.2) is 10.2 Å². The lowest BCUT2D eigenvalue weighted by Gasteiger charge is -1.99. The molecule has 4 heteroatoms. The van der Waals surface area contributed by atoms with Gasteiger partial charge in [0.1, 0.15) is 0 Å². The van der Waals surface area contributed by atoms with E-state index in [1.807, 2.05) is 0 Å². The van der Waals surface area contributed by atoms with E-state index < -0.39 is 0 Å². The Kier molecular flexibility index (Phi) is 2.41. The van der Waals surface area contributed by atoms with Crippen LogP contribution in [0.4, 0.5) is 0 Å². The molecule has 0 spiro atoms. The summed E-state index contributed by atoms with van der Waals surface area (Å²) in [5, 5.41) is 8.15. The van der Waals surface area contributed by atoms with Gasteiger partial charge in [0, 0.05) is 5.92 Å². The Labute approximate surface area is 92.4 Å². The normalized spacial score (nSPS) is 26.1. The zero-order valence-electron chi connectivity index (χ0n) is 8.75. The van der Waals surface area contributed by atoms with Crippen LogP contribution in [0.5, 0.6) is 0 Å². The van der Waals surface area contributed by atoms with Crippen LogP contribution >= 0.6 is 15.9 Å². The molecule has 1 aliphatic carbocycles. The van der Waals surface area contributed by atoms with Crippen molar-refractivity contribution >= 4 is 15.9 Å². The molecule has 0 N–H and O–H groups in total. The molecule has 1 heterocycles. The van der Waals surface area contributed by atoms with Crippen molar-refractivity contribution in [3.63, 3.8) is 0 Å². The van der Waals surface area contributed by atoms with Crippen LogP contribution in [0.2, 0.25) is 0 Å². The van der Waals surface area contributed by atoms with E-state index in [4.69, 9.17) is 4.42 Å². The van der Waals surface area contributed by atoms with E-state index in [1.165, 1.54) is 0 Å². The zero-order valence-corrected chi connectivity index (χ0v) is 10.3. The number of halogens is 1. The Morgan fingerprint density at radius 2 is 2.21 bits per heavy atom. The molecule has 0 radical (unpaired) electrons. The maximum atomic E-state index is 5.63. The number of hydrogen-bond acceptors (Lipinski definition) is 3. The number of aromatic nitrogens is 2. The van der Waals surface area contributed by atoms with Gasteiger partial charge >= 0.3 is 0 Å². The van der Waals surface area contributed by atoms with Crippen molar-refractivity contribution < 1.29 is 4.42 Å². The summed E-state index contributed by atoms with van der Waals surface area (Å²) in [4.78, 5) is 0.200. The third kappa shape index (κ3) is 1.72. The van der Waals surface area contributed by atoms with Gasteiger partial charge in [0.05, 0.1) is 4.83 Å². The molecule has 0 aliphatic heterocycles. The SMILES string of the molecule is CCC(Br)c1nnc(C2CC2(C)C)o1. The fourth-order valence-electron chi connectivity index (χ4n) is 1.58. The minimum atomic E-state index is 0.200. The Bertz CT molecular complexity index is 335. The Balaban J connectivity index is 2.11. The third-order valence-corrected chi connectivity index (χ3v) is 3.93. The molecule has 0 saturated heterocycles. The minimum Gasteiger partial charge on any atom is -0.424 e. The van der Waals surface area contributed by atoms with Crippen molar-refractivity contribution in [3.8, 4) is 0 Å². The van der Waals surface area contributed by atoms with Gasteiger partial charge in [-0.05, 0) is 18.3 Å². The van der Waals surface area contributed by atoms with Gasteiger partial charge in [-0.3, -0.25) is 0 Å². The van der Waals surface area contributed by atoms with Gasteiger partial charge in [-0.15, -0.1) is 10.2 Å². The molecule has 0 amide bonds. The molecular weight excluding hydrogens is 244 g/mol. The van der Waals surface area contributed by atoms with Gasteiger partial charge in [0.25, 0.3) is 0 Å². The predicted octanol–water partition coefficient (Wildman–Crippen LogP) is 3.43. The monoisotopic (exact) mass is 258 g/mol. The molecular formula is C10H15BrN2O. The van der Waals surface area contributed by atoms with Crippen molar-refractivity contribution in [2.75, 3.05) is 0 Å². The average Bonchev–Trinajstić information content (AvgIpc) is 2.64. The fraction of sp³-hybridized carbons (Fsp3) is 0.800. The van der Waals surface area contributed by atoms with Crippen LogP contribution in [0.1, 0.15) is 56.1 Å². The summed E-state index contributed by atoms with van der Waals surface area (Å²) in [5.41, 5.74) is 0.359. The van der Waals surface area contributed by atoms with Crippen molar-refractivity contribution in [2.24, 2.45) is 5.41 Å². The summed E-state index contributed by atoms with van der Waals surface area (Å²) in [6.45, 7) is 6.55. The first-order chi connectivity index (χ1) is 6.54. The van der Waals surface area contributed by atoms with Crippen molar-refractivity contribution in [3.05, 3.63) is 11.8 Å². The standard InChI is InChI=1S/C10H15BrN2O/c1-4-7(11)9-13-12-8(14-9)6-5-10(6,2)3/h6-7H,4-5H2,1-3H3. The van der Waals surface area contributed by atoms with Gasteiger partial charge < -0.3 is 4.42 Å². The van der Waals surface area contributed by atoms with E-state index in [9.17, 15) is 0 Å². The topological polar surface area (TPSA) is 38.9 Å². The van der Waals surface area contributed by atoms with Gasteiger partial charge in [0.2, 0.25) is 11.8 Å². The fourth-order valence-corrected chi connectivity index (χ4v) is 1.76. The van der Waals surface area contributed by atoms with Crippen LogP contribution in [0.25, 0.3) is 0 Å². The summed E-state index contributed by atoms with van der Waals surface area (Å²) in [5.74, 6) is 1.99. The summed E-state index contributed by atoms with van der Waals surface area (Å²) in [7, 11) is 0. The smallest absolute Gasteiger partial charge is 0.230 e. The van der Waals surface area contributed by atoms with E-state index in [0.29, 0.717) is 17.2 Å². The van der Waals surface area contributed by atoms with Gasteiger partial charge in [-0.2, -0.15) is 0 Å². The molecule has 0 bridgehead atoms. The molecule has 1 aliphatic rings. The molecule has 1 saturated carbocycles. The summed E-state index contributed by atoms with van der Waals surface area (Å²) in [6, 6.07) is 0. The van der Waals surface area contributed by atoms with Crippen molar-refractivity contribution in [1.29, 1.82) is 0 Å². The summed E-state index contributed by atoms with van der Waals surface area (Å²) >= 11 is 3.50.